The molecule has 3 rings (SSSR count). The number of carbonyl (C=O) groups excluding carboxylic acids is 1. The van der Waals surface area contributed by atoms with Gasteiger partial charge in [0.15, 0.2) is 0 Å². The van der Waals surface area contributed by atoms with E-state index in [-0.39, 0.29) is 18.1 Å². The van der Waals surface area contributed by atoms with E-state index in [0.29, 0.717) is 18.9 Å². The highest BCUT2D eigenvalue weighted by atomic mass is 16.3. The molecule has 3 N–H and O–H groups in total. The molecular weight excluding hydrogens is 290 g/mol. The molecule has 3 fully saturated rings. The van der Waals surface area contributed by atoms with Gasteiger partial charge in [-0.1, -0.05) is 19.3 Å². The molecule has 0 spiro atoms. The van der Waals surface area contributed by atoms with Crippen molar-refractivity contribution in [3.05, 3.63) is 0 Å². The summed E-state index contributed by atoms with van der Waals surface area (Å²) in [6.07, 6.45) is 9.73. The van der Waals surface area contributed by atoms with Gasteiger partial charge >= 0.3 is 0 Å². The Morgan fingerprint density at radius 3 is 2.65 bits per heavy atom. The lowest BCUT2D eigenvalue weighted by atomic mass is 9.88. The topological polar surface area (TPSA) is 64.6 Å². The van der Waals surface area contributed by atoms with Gasteiger partial charge in [0.25, 0.3) is 0 Å². The summed E-state index contributed by atoms with van der Waals surface area (Å²) >= 11 is 0. The van der Waals surface area contributed by atoms with Crippen LogP contribution in [0.2, 0.25) is 0 Å². The van der Waals surface area contributed by atoms with E-state index in [1.165, 1.54) is 58.0 Å². The van der Waals surface area contributed by atoms with Crippen molar-refractivity contribution in [3.8, 4) is 0 Å². The van der Waals surface area contributed by atoms with Gasteiger partial charge in [0.2, 0.25) is 5.91 Å². The quantitative estimate of drug-likeness (QED) is 0.709. The van der Waals surface area contributed by atoms with Crippen molar-refractivity contribution in [1.82, 2.24) is 15.5 Å². The van der Waals surface area contributed by atoms with E-state index in [2.05, 4.69) is 15.5 Å². The van der Waals surface area contributed by atoms with Crippen molar-refractivity contribution in [3.63, 3.8) is 0 Å². The van der Waals surface area contributed by atoms with Gasteiger partial charge in [-0.3, -0.25) is 4.79 Å². The van der Waals surface area contributed by atoms with Crippen LogP contribution in [0.1, 0.15) is 51.4 Å². The molecule has 3 unspecified atom stereocenters. The second-order valence-electron chi connectivity index (χ2n) is 7.87. The van der Waals surface area contributed by atoms with Gasteiger partial charge in [0, 0.05) is 26.2 Å². The molecule has 0 bridgehead atoms. The first-order valence-electron chi connectivity index (χ1n) is 9.62. The number of piperidine rings is 1. The molecule has 3 atom stereocenters. The highest BCUT2D eigenvalue weighted by Crippen LogP contribution is 2.26. The van der Waals surface area contributed by atoms with Crippen LogP contribution in [0.15, 0.2) is 0 Å². The van der Waals surface area contributed by atoms with Crippen molar-refractivity contribution in [1.29, 1.82) is 0 Å². The zero-order valence-electron chi connectivity index (χ0n) is 14.3. The zero-order chi connectivity index (χ0) is 16.1. The third-order valence-electron chi connectivity index (χ3n) is 5.83. The number of nitrogens with one attached hydrogen (secondary N) is 2. The van der Waals surface area contributed by atoms with Gasteiger partial charge in [-0.05, 0) is 50.5 Å². The lowest BCUT2D eigenvalue weighted by Crippen LogP contribution is -2.46. The molecule has 5 heteroatoms. The minimum atomic E-state index is -0.369. The number of aliphatic hydroxyl groups is 1. The Labute approximate surface area is 140 Å². The summed E-state index contributed by atoms with van der Waals surface area (Å²) in [6.45, 7) is 4.96. The molecule has 1 amide bonds. The molecule has 5 nitrogen and oxygen atoms in total. The fourth-order valence-corrected chi connectivity index (χ4v) is 4.50. The smallest absolute Gasteiger partial charge is 0.237 e. The van der Waals surface area contributed by atoms with Crippen LogP contribution >= 0.6 is 0 Å². The minimum absolute atomic E-state index is 0.0611. The zero-order valence-corrected chi connectivity index (χ0v) is 14.3. The van der Waals surface area contributed by atoms with Crippen LogP contribution in [0, 0.1) is 11.8 Å². The Morgan fingerprint density at radius 2 is 1.91 bits per heavy atom. The van der Waals surface area contributed by atoms with Gasteiger partial charge in [0.1, 0.15) is 0 Å². The van der Waals surface area contributed by atoms with E-state index in [1.54, 1.807) is 0 Å². The number of hydrogen-bond donors (Lipinski definition) is 3. The maximum Gasteiger partial charge on any atom is 0.237 e. The summed E-state index contributed by atoms with van der Waals surface area (Å²) in [5, 5.41) is 15.7. The number of rotatable bonds is 5. The number of carbonyl (C=O) groups is 1. The number of aliphatic hydroxyl groups excluding tert-OH is 1. The summed E-state index contributed by atoms with van der Waals surface area (Å²) in [5.41, 5.74) is 0. The van der Waals surface area contributed by atoms with E-state index in [1.807, 2.05) is 0 Å². The lowest BCUT2D eigenvalue weighted by molar-refractivity contribution is -0.123. The maximum absolute atomic E-state index is 12.1. The number of likely N-dealkylation sites (tertiary alicyclic amines) is 1. The summed E-state index contributed by atoms with van der Waals surface area (Å²) in [6, 6.07) is -0.202. The molecule has 2 saturated heterocycles. The molecule has 0 radical (unpaired) electrons. The number of hydrogen-bond acceptors (Lipinski definition) is 4. The Morgan fingerprint density at radius 1 is 1.13 bits per heavy atom. The predicted molar refractivity (Wildman–Crippen MR) is 91.2 cm³/mol. The van der Waals surface area contributed by atoms with Gasteiger partial charge < -0.3 is 20.6 Å². The number of nitrogens with zero attached hydrogens (tertiary/aromatic N) is 1. The number of amides is 1. The van der Waals surface area contributed by atoms with Gasteiger partial charge in [-0.25, -0.2) is 0 Å². The lowest BCUT2D eigenvalue weighted by Gasteiger charge is -2.36. The summed E-state index contributed by atoms with van der Waals surface area (Å²) in [7, 11) is 0. The Kier molecular flexibility index (Phi) is 6.31. The van der Waals surface area contributed by atoms with Crippen LogP contribution in [-0.2, 0) is 4.79 Å². The van der Waals surface area contributed by atoms with Crippen molar-refractivity contribution in [2.75, 3.05) is 32.7 Å². The fraction of sp³-hybridized carbons (Fsp3) is 0.944. The van der Waals surface area contributed by atoms with Crippen LogP contribution in [0.3, 0.4) is 0 Å². The first kappa shape index (κ1) is 17.2. The van der Waals surface area contributed by atoms with Crippen LogP contribution < -0.4 is 10.6 Å². The molecule has 1 aliphatic carbocycles. The van der Waals surface area contributed by atoms with Crippen molar-refractivity contribution in [2.45, 2.75) is 63.5 Å². The number of β-amino-alcohol motifs (C(OH)–C–C–N with tert-alkyl or cyclic N) is 1. The van der Waals surface area contributed by atoms with E-state index >= 15 is 0 Å². The molecule has 0 aromatic carbocycles. The summed E-state index contributed by atoms with van der Waals surface area (Å²) in [4.78, 5) is 14.8. The molecule has 132 valence electrons. The highest BCUT2D eigenvalue weighted by Gasteiger charge is 2.29. The SMILES string of the molecule is O=C(NCC1CCCN(CC2CCCCC2)C1)C1CC(O)CN1. The molecule has 0 aromatic rings. The first-order valence-corrected chi connectivity index (χ1v) is 9.62. The maximum atomic E-state index is 12.1. The molecule has 3 aliphatic rings. The summed E-state index contributed by atoms with van der Waals surface area (Å²) < 4.78 is 0. The minimum Gasteiger partial charge on any atom is -0.392 e. The second kappa shape index (κ2) is 8.45. The van der Waals surface area contributed by atoms with E-state index in [4.69, 9.17) is 0 Å². The van der Waals surface area contributed by atoms with Crippen LogP contribution in [0.5, 0.6) is 0 Å². The standard InChI is InChI=1S/C18H33N3O2/c22-16-9-17(19-11-16)18(23)20-10-15-7-4-8-21(13-15)12-14-5-2-1-3-6-14/h14-17,19,22H,1-13H2,(H,20,23). The van der Waals surface area contributed by atoms with Gasteiger partial charge in [0.05, 0.1) is 12.1 Å². The van der Waals surface area contributed by atoms with Gasteiger partial charge in [-0.2, -0.15) is 0 Å². The molecular formula is C18H33N3O2. The van der Waals surface area contributed by atoms with E-state index in [9.17, 15) is 9.90 Å². The third-order valence-corrected chi connectivity index (χ3v) is 5.83. The molecule has 2 heterocycles. The predicted octanol–water partition coefficient (Wildman–Crippen LogP) is 1.12. The monoisotopic (exact) mass is 323 g/mol. The average Bonchev–Trinajstić information content (AvgIpc) is 3.01. The average molecular weight is 323 g/mol. The molecule has 0 aromatic heterocycles. The van der Waals surface area contributed by atoms with Gasteiger partial charge in [-0.15, -0.1) is 0 Å². The molecule has 23 heavy (non-hydrogen) atoms. The Bertz CT molecular complexity index is 384. The van der Waals surface area contributed by atoms with Crippen molar-refractivity contribution < 1.29 is 9.90 Å². The first-order chi connectivity index (χ1) is 11.2. The highest BCUT2D eigenvalue weighted by molar-refractivity contribution is 5.82. The third kappa shape index (κ3) is 5.16. The van der Waals surface area contributed by atoms with Crippen molar-refractivity contribution in [2.24, 2.45) is 11.8 Å². The molecule has 2 aliphatic heterocycles. The van der Waals surface area contributed by atoms with E-state index < -0.39 is 0 Å². The van der Waals surface area contributed by atoms with Crippen LogP contribution in [0.4, 0.5) is 0 Å². The van der Waals surface area contributed by atoms with Crippen molar-refractivity contribution >= 4 is 5.91 Å². The van der Waals surface area contributed by atoms with Crippen LogP contribution in [-0.4, -0.2) is 60.8 Å². The second-order valence-corrected chi connectivity index (χ2v) is 7.87. The Balaban J connectivity index is 1.37. The largest absolute Gasteiger partial charge is 0.392 e. The van der Waals surface area contributed by atoms with Crippen LogP contribution in [0.25, 0.3) is 0 Å². The Hall–Kier alpha value is -0.650. The molecule has 1 saturated carbocycles. The fourth-order valence-electron chi connectivity index (χ4n) is 4.50. The van der Waals surface area contributed by atoms with E-state index in [0.717, 1.165) is 19.0 Å². The summed E-state index contributed by atoms with van der Waals surface area (Å²) in [5.74, 6) is 1.55. The normalized spacial score (nSPS) is 33.7.